The SMILES string of the molecule is CCC[C@@](c1cccc(F)c1)(C1CCN(CC(CC)CC(C)CC)CC1)C1C=C(C(C)/N=C(\C)CC)CC1NC(=O)OC. The molecule has 0 saturated carbocycles. The monoisotopic (exact) mass is 597 g/mol. The summed E-state index contributed by atoms with van der Waals surface area (Å²) in [5.74, 6) is 1.70. The minimum Gasteiger partial charge on any atom is -0.453 e. The van der Waals surface area contributed by atoms with Crippen LogP contribution in [-0.2, 0) is 10.2 Å². The lowest BCUT2D eigenvalue weighted by Gasteiger charge is -2.50. The van der Waals surface area contributed by atoms with Gasteiger partial charge in [0.25, 0.3) is 0 Å². The molecule has 1 N–H and O–H groups in total. The first kappa shape index (κ1) is 35.3. The van der Waals surface area contributed by atoms with Crippen molar-refractivity contribution < 1.29 is 13.9 Å². The highest BCUT2D eigenvalue weighted by molar-refractivity contribution is 5.81. The third kappa shape index (κ3) is 8.93. The number of carbonyl (C=O) groups is 1. The molecule has 3 rings (SSSR count). The Balaban J connectivity index is 2.03. The van der Waals surface area contributed by atoms with Crippen molar-refractivity contribution in [2.45, 2.75) is 124 Å². The van der Waals surface area contributed by atoms with Crippen molar-refractivity contribution >= 4 is 11.8 Å². The van der Waals surface area contributed by atoms with Crippen LogP contribution < -0.4 is 5.32 Å². The number of rotatable bonds is 15. The average molecular weight is 598 g/mol. The molecule has 1 aromatic carbocycles. The van der Waals surface area contributed by atoms with Crippen LogP contribution in [0.25, 0.3) is 0 Å². The van der Waals surface area contributed by atoms with Gasteiger partial charge in [0.2, 0.25) is 0 Å². The van der Waals surface area contributed by atoms with Crippen LogP contribution in [0, 0.1) is 29.5 Å². The molecule has 0 radical (unpaired) electrons. The van der Waals surface area contributed by atoms with Crippen LogP contribution in [0.15, 0.2) is 40.9 Å². The Labute approximate surface area is 262 Å². The summed E-state index contributed by atoms with van der Waals surface area (Å²) in [4.78, 5) is 20.4. The van der Waals surface area contributed by atoms with Gasteiger partial charge in [-0.15, -0.1) is 0 Å². The number of amides is 1. The Morgan fingerprint density at radius 1 is 1.16 bits per heavy atom. The molecule has 6 atom stereocenters. The van der Waals surface area contributed by atoms with Crippen molar-refractivity contribution in [3.05, 3.63) is 47.3 Å². The van der Waals surface area contributed by atoms with Gasteiger partial charge < -0.3 is 15.0 Å². The first-order chi connectivity index (χ1) is 20.6. The third-order valence-electron chi connectivity index (χ3n) is 10.7. The van der Waals surface area contributed by atoms with E-state index in [2.05, 4.69) is 70.8 Å². The predicted molar refractivity (Wildman–Crippen MR) is 178 cm³/mol. The summed E-state index contributed by atoms with van der Waals surface area (Å²) in [6.45, 7) is 18.9. The second-order valence-electron chi connectivity index (χ2n) is 13.5. The first-order valence-corrected chi connectivity index (χ1v) is 17.2. The van der Waals surface area contributed by atoms with Gasteiger partial charge in [-0.25, -0.2) is 9.18 Å². The number of alkyl carbamates (subject to hydrolysis) is 1. The van der Waals surface area contributed by atoms with E-state index in [-0.39, 0.29) is 29.2 Å². The van der Waals surface area contributed by atoms with E-state index in [0.29, 0.717) is 5.92 Å². The van der Waals surface area contributed by atoms with Gasteiger partial charge >= 0.3 is 6.09 Å². The number of carbonyl (C=O) groups excluding carboxylic acids is 1. The predicted octanol–water partition coefficient (Wildman–Crippen LogP) is 8.97. The van der Waals surface area contributed by atoms with Gasteiger partial charge in [0, 0.05) is 29.6 Å². The van der Waals surface area contributed by atoms with Crippen molar-refractivity contribution in [1.29, 1.82) is 0 Å². The van der Waals surface area contributed by atoms with E-state index >= 15 is 0 Å². The third-order valence-corrected chi connectivity index (χ3v) is 10.7. The molecule has 1 heterocycles. The molecule has 6 heteroatoms. The lowest BCUT2D eigenvalue weighted by molar-refractivity contribution is 0.0712. The number of hydrogen-bond donors (Lipinski definition) is 1. The molecule has 5 unspecified atom stereocenters. The maximum Gasteiger partial charge on any atom is 0.407 e. The fourth-order valence-electron chi connectivity index (χ4n) is 7.98. The fourth-order valence-corrected chi connectivity index (χ4v) is 7.98. The lowest BCUT2D eigenvalue weighted by atomic mass is 9.56. The number of likely N-dealkylation sites (tertiary alicyclic amines) is 1. The van der Waals surface area contributed by atoms with E-state index < -0.39 is 6.09 Å². The summed E-state index contributed by atoms with van der Waals surface area (Å²) in [6, 6.07) is 7.23. The molecule has 1 fully saturated rings. The van der Waals surface area contributed by atoms with E-state index in [9.17, 15) is 9.18 Å². The zero-order valence-corrected chi connectivity index (χ0v) is 28.4. The summed E-state index contributed by atoms with van der Waals surface area (Å²) in [5.41, 5.74) is 3.14. The Morgan fingerprint density at radius 3 is 2.47 bits per heavy atom. The molecule has 1 aliphatic heterocycles. The van der Waals surface area contributed by atoms with Gasteiger partial charge in [0.15, 0.2) is 0 Å². The number of ether oxygens (including phenoxy) is 1. The number of nitrogens with zero attached hydrogens (tertiary/aromatic N) is 2. The van der Waals surface area contributed by atoms with Crippen molar-refractivity contribution in [3.63, 3.8) is 0 Å². The van der Waals surface area contributed by atoms with Crippen LogP contribution in [0.2, 0.25) is 0 Å². The molecular formula is C37H60FN3O2. The number of methoxy groups -OCH3 is 1. The van der Waals surface area contributed by atoms with Crippen LogP contribution in [-0.4, -0.2) is 55.5 Å². The average Bonchev–Trinajstić information content (AvgIpc) is 3.43. The van der Waals surface area contributed by atoms with Gasteiger partial charge in [-0.1, -0.05) is 72.1 Å². The summed E-state index contributed by atoms with van der Waals surface area (Å²) in [5, 5.41) is 3.22. The summed E-state index contributed by atoms with van der Waals surface area (Å²) < 4.78 is 20.1. The first-order valence-electron chi connectivity index (χ1n) is 17.2. The van der Waals surface area contributed by atoms with Crippen LogP contribution in [0.1, 0.15) is 112 Å². The van der Waals surface area contributed by atoms with E-state index in [4.69, 9.17) is 9.73 Å². The zero-order valence-electron chi connectivity index (χ0n) is 28.4. The van der Waals surface area contributed by atoms with Crippen LogP contribution >= 0.6 is 0 Å². The molecule has 0 bridgehead atoms. The molecule has 5 nitrogen and oxygen atoms in total. The molecule has 0 spiro atoms. The van der Waals surface area contributed by atoms with Crippen molar-refractivity contribution in [1.82, 2.24) is 10.2 Å². The second kappa shape index (κ2) is 16.7. The normalized spacial score (nSPS) is 23.7. The van der Waals surface area contributed by atoms with Gasteiger partial charge in [-0.3, -0.25) is 4.99 Å². The highest BCUT2D eigenvalue weighted by Gasteiger charge is 2.51. The van der Waals surface area contributed by atoms with E-state index in [1.807, 2.05) is 6.07 Å². The lowest BCUT2D eigenvalue weighted by Crippen LogP contribution is -2.53. The molecule has 43 heavy (non-hydrogen) atoms. The highest BCUT2D eigenvalue weighted by Crippen LogP contribution is 2.53. The number of nitrogens with one attached hydrogen (secondary N) is 1. The molecule has 1 aliphatic carbocycles. The second-order valence-corrected chi connectivity index (χ2v) is 13.5. The Bertz CT molecular complexity index is 1080. The summed E-state index contributed by atoms with van der Waals surface area (Å²) >= 11 is 0. The largest absolute Gasteiger partial charge is 0.453 e. The number of halogens is 1. The number of hydrogen-bond acceptors (Lipinski definition) is 4. The molecule has 2 aliphatic rings. The van der Waals surface area contributed by atoms with Gasteiger partial charge in [-0.2, -0.15) is 0 Å². The molecule has 1 amide bonds. The van der Waals surface area contributed by atoms with E-state index in [0.717, 1.165) is 74.7 Å². The summed E-state index contributed by atoms with van der Waals surface area (Å²) in [7, 11) is 1.43. The van der Waals surface area contributed by atoms with Crippen molar-refractivity contribution in [2.75, 3.05) is 26.7 Å². The standard InChI is InChI=1S/C37H60FN3O2/c1-9-18-37(32-14-13-15-33(38)24-32,31-16-19-41(20-17-31)25-29(12-4)21-26(5)10-2)34-22-30(28(7)39-27(6)11-3)23-35(34)40-36(42)43-8/h13-15,22,24,26,28-29,31,34-35H,9-12,16-21,23,25H2,1-8H3,(H,40,42)/b39-27+/t26?,28?,29?,34?,35?,37-/m0/s1. The zero-order chi connectivity index (χ0) is 31.6. The molecule has 1 aromatic rings. The topological polar surface area (TPSA) is 53.9 Å². The fraction of sp³-hybridized carbons (Fsp3) is 0.730. The molecule has 0 aromatic heterocycles. The Morgan fingerprint density at radius 2 is 1.88 bits per heavy atom. The van der Waals surface area contributed by atoms with Crippen molar-refractivity contribution in [2.24, 2.45) is 28.7 Å². The maximum atomic E-state index is 15.0. The van der Waals surface area contributed by atoms with Crippen LogP contribution in [0.4, 0.5) is 9.18 Å². The van der Waals surface area contributed by atoms with Crippen LogP contribution in [0.5, 0.6) is 0 Å². The van der Waals surface area contributed by atoms with E-state index in [1.165, 1.54) is 38.5 Å². The summed E-state index contributed by atoms with van der Waals surface area (Å²) in [6.07, 6.45) is 11.5. The van der Waals surface area contributed by atoms with Crippen LogP contribution in [0.3, 0.4) is 0 Å². The minimum atomic E-state index is -0.406. The van der Waals surface area contributed by atoms with Gasteiger partial charge in [0.05, 0.1) is 13.2 Å². The quantitative estimate of drug-likeness (QED) is 0.162. The van der Waals surface area contributed by atoms with Crippen molar-refractivity contribution in [3.8, 4) is 0 Å². The molecule has 242 valence electrons. The molecular weight excluding hydrogens is 537 g/mol. The maximum absolute atomic E-state index is 15.0. The Kier molecular flexibility index (Phi) is 13.7. The van der Waals surface area contributed by atoms with Gasteiger partial charge in [0.1, 0.15) is 5.82 Å². The smallest absolute Gasteiger partial charge is 0.407 e. The Hall–Kier alpha value is -2.21. The highest BCUT2D eigenvalue weighted by atomic mass is 19.1. The van der Waals surface area contributed by atoms with E-state index in [1.54, 1.807) is 12.1 Å². The number of aliphatic imine (C=N–C) groups is 1. The minimum absolute atomic E-state index is 0.0216. The number of piperidine rings is 1. The number of benzene rings is 1. The molecule has 1 saturated heterocycles. The van der Waals surface area contributed by atoms with Gasteiger partial charge in [-0.05, 0) is 106 Å².